The van der Waals surface area contributed by atoms with Crippen LogP contribution in [0.25, 0.3) is 0 Å². The van der Waals surface area contributed by atoms with Crippen molar-refractivity contribution < 1.29 is 9.47 Å². The van der Waals surface area contributed by atoms with Gasteiger partial charge in [-0.1, -0.05) is 12.2 Å². The van der Waals surface area contributed by atoms with Gasteiger partial charge in [0.2, 0.25) is 0 Å². The zero-order valence-corrected chi connectivity index (χ0v) is 11.1. The predicted molar refractivity (Wildman–Crippen MR) is 74.5 cm³/mol. The highest BCUT2D eigenvalue weighted by molar-refractivity contribution is 5.59. The van der Waals surface area contributed by atoms with Crippen LogP contribution in [0.4, 0.5) is 5.69 Å². The van der Waals surface area contributed by atoms with Crippen LogP contribution in [0.15, 0.2) is 30.4 Å². The molecule has 1 aromatic carbocycles. The Morgan fingerprint density at radius 1 is 1.22 bits per heavy atom. The van der Waals surface area contributed by atoms with Gasteiger partial charge in [-0.15, -0.1) is 0 Å². The van der Waals surface area contributed by atoms with Gasteiger partial charge in [-0.2, -0.15) is 0 Å². The van der Waals surface area contributed by atoms with Gasteiger partial charge in [0, 0.05) is 12.6 Å². The third-order valence-corrected chi connectivity index (χ3v) is 3.37. The number of anilines is 1. The molecular formula is C15H21NO2. The summed E-state index contributed by atoms with van der Waals surface area (Å²) < 4.78 is 10.6. The fourth-order valence-corrected chi connectivity index (χ4v) is 2.25. The Hall–Kier alpha value is -1.64. The molecule has 0 bridgehead atoms. The molecule has 1 atom stereocenters. The summed E-state index contributed by atoms with van der Waals surface area (Å²) in [4.78, 5) is 0. The lowest BCUT2D eigenvalue weighted by Gasteiger charge is -2.20. The smallest absolute Gasteiger partial charge is 0.142 e. The van der Waals surface area contributed by atoms with Gasteiger partial charge in [0.15, 0.2) is 0 Å². The number of hydrogen-bond donors (Lipinski definition) is 1. The third kappa shape index (κ3) is 3.19. The molecule has 0 aliphatic heterocycles. The summed E-state index contributed by atoms with van der Waals surface area (Å²) >= 11 is 0. The Morgan fingerprint density at radius 3 is 2.78 bits per heavy atom. The van der Waals surface area contributed by atoms with Gasteiger partial charge in [0.1, 0.15) is 11.5 Å². The first-order valence-corrected chi connectivity index (χ1v) is 6.44. The number of nitrogens with one attached hydrogen (secondary N) is 1. The maximum absolute atomic E-state index is 5.35. The molecule has 0 aromatic heterocycles. The zero-order valence-electron chi connectivity index (χ0n) is 11.1. The molecule has 0 saturated carbocycles. The van der Waals surface area contributed by atoms with E-state index in [-0.39, 0.29) is 0 Å². The fraction of sp³-hybridized carbons (Fsp3) is 0.467. The largest absolute Gasteiger partial charge is 0.497 e. The molecule has 2 rings (SSSR count). The number of benzene rings is 1. The summed E-state index contributed by atoms with van der Waals surface area (Å²) in [5.41, 5.74) is 1.01. The average Bonchev–Trinajstić information content (AvgIpc) is 2.45. The van der Waals surface area contributed by atoms with Crippen LogP contribution in [0.5, 0.6) is 11.5 Å². The maximum Gasteiger partial charge on any atom is 0.142 e. The number of rotatable bonds is 5. The minimum absolute atomic E-state index is 0.714. The second kappa shape index (κ2) is 6.34. The average molecular weight is 247 g/mol. The van der Waals surface area contributed by atoms with E-state index in [1.807, 2.05) is 18.2 Å². The highest BCUT2D eigenvalue weighted by atomic mass is 16.5. The van der Waals surface area contributed by atoms with E-state index in [1.54, 1.807) is 14.2 Å². The van der Waals surface area contributed by atoms with Gasteiger partial charge in [-0.25, -0.2) is 0 Å². The van der Waals surface area contributed by atoms with Gasteiger partial charge in [0.05, 0.1) is 19.9 Å². The van der Waals surface area contributed by atoms with Crippen LogP contribution in [0.2, 0.25) is 0 Å². The molecule has 0 amide bonds. The third-order valence-electron chi connectivity index (χ3n) is 3.37. The summed E-state index contributed by atoms with van der Waals surface area (Å²) in [6.07, 6.45) is 8.16. The molecule has 1 unspecified atom stereocenters. The minimum atomic E-state index is 0.714. The van der Waals surface area contributed by atoms with Crippen molar-refractivity contribution in [3.05, 3.63) is 30.4 Å². The first-order valence-electron chi connectivity index (χ1n) is 6.44. The Balaban J connectivity index is 2.00. The Bertz CT molecular complexity index is 415. The minimum Gasteiger partial charge on any atom is -0.497 e. The van der Waals surface area contributed by atoms with Crippen LogP contribution < -0.4 is 14.8 Å². The molecule has 0 radical (unpaired) electrons. The molecule has 0 heterocycles. The van der Waals surface area contributed by atoms with Gasteiger partial charge >= 0.3 is 0 Å². The van der Waals surface area contributed by atoms with E-state index in [1.165, 1.54) is 19.3 Å². The SMILES string of the molecule is COc1ccc(OC)c(NCC2CC=CCC2)c1. The maximum atomic E-state index is 5.35. The number of ether oxygens (including phenoxy) is 2. The summed E-state index contributed by atoms with van der Waals surface area (Å²) in [6, 6.07) is 5.83. The summed E-state index contributed by atoms with van der Waals surface area (Å²) in [7, 11) is 3.37. The van der Waals surface area contributed by atoms with Crippen molar-refractivity contribution in [2.75, 3.05) is 26.1 Å². The number of methoxy groups -OCH3 is 2. The van der Waals surface area contributed by atoms with Crippen LogP contribution >= 0.6 is 0 Å². The monoisotopic (exact) mass is 247 g/mol. The van der Waals surface area contributed by atoms with Crippen LogP contribution in [0, 0.1) is 5.92 Å². The van der Waals surface area contributed by atoms with Crippen molar-refractivity contribution in [3.8, 4) is 11.5 Å². The van der Waals surface area contributed by atoms with Gasteiger partial charge in [-0.05, 0) is 37.3 Å². The van der Waals surface area contributed by atoms with Crippen molar-refractivity contribution >= 4 is 5.69 Å². The van der Waals surface area contributed by atoms with Crippen molar-refractivity contribution in [1.82, 2.24) is 0 Å². The van der Waals surface area contributed by atoms with Crippen LogP contribution in [0.3, 0.4) is 0 Å². The lowest BCUT2D eigenvalue weighted by molar-refractivity contribution is 0.404. The Labute approximate surface area is 109 Å². The van der Waals surface area contributed by atoms with E-state index < -0.39 is 0 Å². The molecule has 98 valence electrons. The second-order valence-corrected chi connectivity index (χ2v) is 4.60. The van der Waals surface area contributed by atoms with E-state index in [4.69, 9.17) is 9.47 Å². The zero-order chi connectivity index (χ0) is 12.8. The van der Waals surface area contributed by atoms with E-state index >= 15 is 0 Å². The molecule has 3 heteroatoms. The molecule has 3 nitrogen and oxygen atoms in total. The molecular weight excluding hydrogens is 226 g/mol. The highest BCUT2D eigenvalue weighted by Gasteiger charge is 2.11. The number of allylic oxidation sites excluding steroid dienone is 2. The van der Waals surface area contributed by atoms with E-state index in [9.17, 15) is 0 Å². The summed E-state index contributed by atoms with van der Waals surface area (Å²) in [6.45, 7) is 0.980. The van der Waals surface area contributed by atoms with Crippen molar-refractivity contribution in [3.63, 3.8) is 0 Å². The van der Waals surface area contributed by atoms with Crippen LogP contribution in [-0.4, -0.2) is 20.8 Å². The van der Waals surface area contributed by atoms with E-state index in [2.05, 4.69) is 17.5 Å². The van der Waals surface area contributed by atoms with Crippen molar-refractivity contribution in [2.24, 2.45) is 5.92 Å². The van der Waals surface area contributed by atoms with Gasteiger partial charge in [-0.3, -0.25) is 0 Å². The van der Waals surface area contributed by atoms with Gasteiger partial charge in [0.25, 0.3) is 0 Å². The number of hydrogen-bond acceptors (Lipinski definition) is 3. The second-order valence-electron chi connectivity index (χ2n) is 4.60. The molecule has 0 fully saturated rings. The topological polar surface area (TPSA) is 30.5 Å². The molecule has 0 saturated heterocycles. The quantitative estimate of drug-likeness (QED) is 0.808. The lowest BCUT2D eigenvalue weighted by atomic mass is 9.94. The first-order chi connectivity index (χ1) is 8.83. The molecule has 1 aliphatic rings. The Morgan fingerprint density at radius 2 is 2.11 bits per heavy atom. The highest BCUT2D eigenvalue weighted by Crippen LogP contribution is 2.29. The van der Waals surface area contributed by atoms with Crippen molar-refractivity contribution in [1.29, 1.82) is 0 Å². The Kier molecular flexibility index (Phi) is 4.51. The van der Waals surface area contributed by atoms with Crippen LogP contribution in [-0.2, 0) is 0 Å². The summed E-state index contributed by atoms with van der Waals surface area (Å²) in [5.74, 6) is 2.43. The summed E-state index contributed by atoms with van der Waals surface area (Å²) in [5, 5.41) is 3.47. The fourth-order valence-electron chi connectivity index (χ4n) is 2.25. The van der Waals surface area contributed by atoms with Crippen molar-refractivity contribution in [2.45, 2.75) is 19.3 Å². The van der Waals surface area contributed by atoms with Crippen LogP contribution in [0.1, 0.15) is 19.3 Å². The molecule has 1 aliphatic carbocycles. The molecule has 1 aromatic rings. The normalized spacial score (nSPS) is 18.4. The predicted octanol–water partition coefficient (Wildman–Crippen LogP) is 3.47. The molecule has 1 N–H and O–H groups in total. The van der Waals surface area contributed by atoms with Gasteiger partial charge < -0.3 is 14.8 Å². The standard InChI is InChI=1S/C15H21NO2/c1-17-13-8-9-15(18-2)14(10-13)16-11-12-6-4-3-5-7-12/h3-4,8-10,12,16H,5-7,11H2,1-2H3. The first kappa shape index (κ1) is 12.8. The molecule has 18 heavy (non-hydrogen) atoms. The van der Waals surface area contributed by atoms with E-state index in [0.29, 0.717) is 5.92 Å². The molecule has 0 spiro atoms. The lowest BCUT2D eigenvalue weighted by Crippen LogP contribution is -2.15. The van der Waals surface area contributed by atoms with E-state index in [0.717, 1.165) is 23.7 Å².